The number of aryl methyl sites for hydroxylation is 2. The van der Waals surface area contributed by atoms with E-state index in [0.717, 1.165) is 16.3 Å². The molecule has 3 aromatic rings. The molecule has 0 spiro atoms. The van der Waals surface area contributed by atoms with Gasteiger partial charge in [-0.2, -0.15) is 0 Å². The second-order valence-corrected chi connectivity index (χ2v) is 9.66. The number of nitrogens with two attached hydrogens (primary N) is 1. The third kappa shape index (κ3) is 5.40. The zero-order valence-corrected chi connectivity index (χ0v) is 19.0. The Morgan fingerprint density at radius 1 is 1.16 bits per heavy atom. The van der Waals surface area contributed by atoms with Crippen molar-refractivity contribution in [2.24, 2.45) is 5.14 Å². The molecule has 0 bridgehead atoms. The molecule has 0 radical (unpaired) electrons. The van der Waals surface area contributed by atoms with Crippen LogP contribution in [0, 0.1) is 20.8 Å². The zero-order valence-electron chi connectivity index (χ0n) is 17.3. The first-order valence-electron chi connectivity index (χ1n) is 9.36. The van der Waals surface area contributed by atoms with Crippen LogP contribution in [0.15, 0.2) is 46.7 Å². The number of carbonyl (C=O) groups is 2. The van der Waals surface area contributed by atoms with Gasteiger partial charge in [-0.1, -0.05) is 12.1 Å². The van der Waals surface area contributed by atoms with E-state index in [9.17, 15) is 18.0 Å². The Bertz CT molecular complexity index is 1230. The summed E-state index contributed by atoms with van der Waals surface area (Å²) in [6.07, 6.45) is 0. The Morgan fingerprint density at radius 3 is 2.55 bits per heavy atom. The molecule has 0 aliphatic carbocycles. The lowest BCUT2D eigenvalue weighted by atomic mass is 10.2. The van der Waals surface area contributed by atoms with Gasteiger partial charge in [0, 0.05) is 22.0 Å². The lowest BCUT2D eigenvalue weighted by Crippen LogP contribution is -2.21. The molecule has 2 heterocycles. The first-order chi connectivity index (χ1) is 14.6. The minimum absolute atomic E-state index is 0.0829. The van der Waals surface area contributed by atoms with E-state index in [4.69, 9.17) is 9.88 Å². The van der Waals surface area contributed by atoms with Gasteiger partial charge in [0.15, 0.2) is 6.61 Å². The van der Waals surface area contributed by atoms with Crippen molar-refractivity contribution in [2.75, 3.05) is 11.9 Å². The van der Waals surface area contributed by atoms with Crippen molar-refractivity contribution in [2.45, 2.75) is 32.2 Å². The van der Waals surface area contributed by atoms with Gasteiger partial charge in [-0.25, -0.2) is 18.4 Å². The molecule has 0 atom stereocenters. The molecule has 0 aliphatic heterocycles. The quantitative estimate of drug-likeness (QED) is 0.524. The second-order valence-electron chi connectivity index (χ2n) is 7.10. The number of esters is 1. The predicted octanol–water partition coefficient (Wildman–Crippen LogP) is 2.97. The van der Waals surface area contributed by atoms with Crippen LogP contribution in [0.1, 0.15) is 32.2 Å². The van der Waals surface area contributed by atoms with E-state index in [1.54, 1.807) is 30.4 Å². The van der Waals surface area contributed by atoms with E-state index in [1.165, 1.54) is 12.1 Å². The third-order valence-electron chi connectivity index (χ3n) is 4.80. The Labute approximate surface area is 184 Å². The van der Waals surface area contributed by atoms with Crippen LogP contribution < -0.4 is 10.5 Å². The fourth-order valence-electron chi connectivity index (χ4n) is 3.20. The molecule has 2 aromatic heterocycles. The number of nitrogens with zero attached hydrogens (tertiary/aromatic N) is 1. The molecule has 0 unspecified atom stereocenters. The van der Waals surface area contributed by atoms with Gasteiger partial charge in [0.2, 0.25) is 10.0 Å². The van der Waals surface area contributed by atoms with E-state index in [-0.39, 0.29) is 10.6 Å². The summed E-state index contributed by atoms with van der Waals surface area (Å²) in [7, 11) is -3.92. The van der Waals surface area contributed by atoms with Crippen LogP contribution in [-0.4, -0.2) is 31.5 Å². The summed E-state index contributed by atoms with van der Waals surface area (Å²) in [6, 6.07) is 10.1. The van der Waals surface area contributed by atoms with Crippen molar-refractivity contribution in [3.63, 3.8) is 0 Å². The number of thiophene rings is 1. The van der Waals surface area contributed by atoms with Gasteiger partial charge in [-0.3, -0.25) is 4.79 Å². The van der Waals surface area contributed by atoms with E-state index < -0.39 is 28.5 Å². The molecule has 3 rings (SSSR count). The van der Waals surface area contributed by atoms with Crippen molar-refractivity contribution in [1.29, 1.82) is 0 Å². The van der Waals surface area contributed by atoms with Gasteiger partial charge < -0.3 is 14.6 Å². The maximum absolute atomic E-state index is 12.5. The molecule has 10 heteroatoms. The summed E-state index contributed by atoms with van der Waals surface area (Å²) in [6.45, 7) is 5.49. The number of hydrogen-bond acceptors (Lipinski definition) is 6. The number of rotatable bonds is 7. The number of ether oxygens (including phenoxy) is 1. The average molecular weight is 462 g/mol. The molecule has 164 valence electrons. The normalized spacial score (nSPS) is 11.4. The van der Waals surface area contributed by atoms with Crippen molar-refractivity contribution in [3.8, 4) is 0 Å². The molecule has 8 nitrogen and oxygen atoms in total. The maximum atomic E-state index is 12.5. The van der Waals surface area contributed by atoms with Crippen molar-refractivity contribution in [3.05, 3.63) is 69.2 Å². The van der Waals surface area contributed by atoms with E-state index >= 15 is 0 Å². The number of anilines is 1. The summed E-state index contributed by atoms with van der Waals surface area (Å²) >= 11 is 1.64. The molecular formula is C21H23N3O5S2. The van der Waals surface area contributed by atoms with Gasteiger partial charge in [0.25, 0.3) is 5.91 Å². The molecule has 1 amide bonds. The lowest BCUT2D eigenvalue weighted by Gasteiger charge is -2.10. The van der Waals surface area contributed by atoms with Crippen molar-refractivity contribution < 1.29 is 22.7 Å². The Hall–Kier alpha value is -2.95. The number of sulfonamides is 1. The van der Waals surface area contributed by atoms with Crippen LogP contribution in [0.5, 0.6) is 0 Å². The number of amides is 1. The highest BCUT2D eigenvalue weighted by Crippen LogP contribution is 2.21. The van der Waals surface area contributed by atoms with Gasteiger partial charge >= 0.3 is 5.97 Å². The standard InChI is InChI=1S/C21H23N3O5S2/c1-13-6-7-16(10-19(13)31(22,27)28)23-20(25)12-29-21(26)18-9-14(2)24(15(18)3)11-17-5-4-8-30-17/h4-10H,11-12H2,1-3H3,(H,23,25)(H2,22,27,28). The van der Waals surface area contributed by atoms with Crippen LogP contribution in [0.2, 0.25) is 0 Å². The minimum Gasteiger partial charge on any atom is -0.452 e. The van der Waals surface area contributed by atoms with Gasteiger partial charge in [-0.05, 0) is 56.0 Å². The second kappa shape index (κ2) is 9.04. The maximum Gasteiger partial charge on any atom is 0.340 e. The number of aromatic nitrogens is 1. The molecule has 0 aliphatic rings. The van der Waals surface area contributed by atoms with Crippen LogP contribution in [0.3, 0.4) is 0 Å². The fourth-order valence-corrected chi connectivity index (χ4v) is 4.70. The predicted molar refractivity (Wildman–Crippen MR) is 119 cm³/mol. The lowest BCUT2D eigenvalue weighted by molar-refractivity contribution is -0.119. The average Bonchev–Trinajstić information content (AvgIpc) is 3.30. The van der Waals surface area contributed by atoms with Crippen molar-refractivity contribution >= 4 is 38.9 Å². The highest BCUT2D eigenvalue weighted by molar-refractivity contribution is 7.89. The number of hydrogen-bond donors (Lipinski definition) is 2. The number of carbonyl (C=O) groups excluding carboxylic acids is 2. The fraction of sp³-hybridized carbons (Fsp3) is 0.238. The van der Waals surface area contributed by atoms with E-state index in [1.807, 2.05) is 35.9 Å². The van der Waals surface area contributed by atoms with Crippen LogP contribution in [-0.2, 0) is 26.1 Å². The first kappa shape index (κ1) is 22.7. The van der Waals surface area contributed by atoms with E-state index in [0.29, 0.717) is 17.7 Å². The van der Waals surface area contributed by atoms with Gasteiger partial charge in [0.1, 0.15) is 0 Å². The summed E-state index contributed by atoms with van der Waals surface area (Å²) in [5, 5.41) is 9.69. The van der Waals surface area contributed by atoms with E-state index in [2.05, 4.69) is 5.32 Å². The van der Waals surface area contributed by atoms with Crippen LogP contribution >= 0.6 is 11.3 Å². The highest BCUT2D eigenvalue weighted by atomic mass is 32.2. The molecule has 3 N–H and O–H groups in total. The van der Waals surface area contributed by atoms with Crippen molar-refractivity contribution in [1.82, 2.24) is 4.57 Å². The summed E-state index contributed by atoms with van der Waals surface area (Å²) in [5.41, 5.74) is 2.77. The topological polar surface area (TPSA) is 120 Å². The minimum atomic E-state index is -3.92. The van der Waals surface area contributed by atoms with Crippen LogP contribution in [0.4, 0.5) is 5.69 Å². The molecule has 0 fully saturated rings. The Balaban J connectivity index is 1.64. The molecule has 0 saturated carbocycles. The number of primary sulfonamides is 1. The summed E-state index contributed by atoms with van der Waals surface area (Å²) in [5.74, 6) is -1.19. The Kier molecular flexibility index (Phi) is 6.63. The first-order valence-corrected chi connectivity index (χ1v) is 11.8. The Morgan fingerprint density at radius 2 is 1.90 bits per heavy atom. The highest BCUT2D eigenvalue weighted by Gasteiger charge is 2.19. The van der Waals surface area contributed by atoms with Gasteiger partial charge in [0.05, 0.1) is 17.0 Å². The molecule has 31 heavy (non-hydrogen) atoms. The largest absolute Gasteiger partial charge is 0.452 e. The smallest absolute Gasteiger partial charge is 0.340 e. The molecule has 1 aromatic carbocycles. The monoisotopic (exact) mass is 461 g/mol. The SMILES string of the molecule is Cc1ccc(NC(=O)COC(=O)c2cc(C)n(Cc3cccs3)c2C)cc1S(N)(=O)=O. The summed E-state index contributed by atoms with van der Waals surface area (Å²) in [4.78, 5) is 25.8. The van der Waals surface area contributed by atoms with Gasteiger partial charge in [-0.15, -0.1) is 11.3 Å². The zero-order chi connectivity index (χ0) is 22.8. The van der Waals surface area contributed by atoms with Crippen LogP contribution in [0.25, 0.3) is 0 Å². The third-order valence-corrected chi connectivity index (χ3v) is 6.71. The molecular weight excluding hydrogens is 438 g/mol. The number of benzene rings is 1. The molecule has 0 saturated heterocycles. The number of nitrogens with one attached hydrogen (secondary N) is 1. The summed E-state index contributed by atoms with van der Waals surface area (Å²) < 4.78 is 30.4.